The molecular weight excluding hydrogens is 144 g/mol. The summed E-state index contributed by atoms with van der Waals surface area (Å²) in [6, 6.07) is 4.11. The number of pyridine rings is 1. The van der Waals surface area contributed by atoms with Gasteiger partial charge in [0.15, 0.2) is 5.88 Å². The zero-order chi connectivity index (χ0) is 8.43. The molecule has 1 aromatic heterocycles. The Labute approximate surface area is 62.7 Å². The molecule has 0 unspecified atom stereocenters. The van der Waals surface area contributed by atoms with E-state index < -0.39 is 5.56 Å². The van der Waals surface area contributed by atoms with Crippen molar-refractivity contribution in [1.82, 2.24) is 4.98 Å². The summed E-state index contributed by atoms with van der Waals surface area (Å²) in [7, 11) is 0. The first-order chi connectivity index (χ1) is 5.15. The number of nitrogens with one attached hydrogen (secondary N) is 1. The summed E-state index contributed by atoms with van der Waals surface area (Å²) < 4.78 is 0. The van der Waals surface area contributed by atoms with Crippen LogP contribution in [0.4, 0.5) is 0 Å². The molecule has 0 spiro atoms. The summed E-state index contributed by atoms with van der Waals surface area (Å²) in [4.78, 5) is 12.9. The topological polar surface area (TPSA) is 76.9 Å². The summed E-state index contributed by atoms with van der Waals surface area (Å²) in [6.45, 7) is 1.54. The zero-order valence-corrected chi connectivity index (χ0v) is 5.80. The molecule has 0 fully saturated rings. The molecule has 0 amide bonds. The molecule has 0 atom stereocenters. The predicted octanol–water partition coefficient (Wildman–Crippen LogP) is 0.0608. The number of aromatic hydroxyl groups is 1. The van der Waals surface area contributed by atoms with Crippen LogP contribution in [0.1, 0.15) is 11.1 Å². The van der Waals surface area contributed by atoms with E-state index >= 15 is 0 Å². The zero-order valence-electron chi connectivity index (χ0n) is 5.80. The van der Waals surface area contributed by atoms with Gasteiger partial charge in [0.2, 0.25) is 0 Å². The van der Waals surface area contributed by atoms with Crippen LogP contribution in [0, 0.1) is 24.3 Å². The molecule has 1 rings (SSSR count). The van der Waals surface area contributed by atoms with E-state index in [1.165, 1.54) is 6.92 Å². The second kappa shape index (κ2) is 2.46. The lowest BCUT2D eigenvalue weighted by Gasteiger charge is -1.94. The lowest BCUT2D eigenvalue weighted by molar-refractivity contribution is 0.450. The maximum atomic E-state index is 10.8. The summed E-state index contributed by atoms with van der Waals surface area (Å²) >= 11 is 0. The first-order valence-corrected chi connectivity index (χ1v) is 2.90. The Morgan fingerprint density at radius 2 is 2.36 bits per heavy atom. The van der Waals surface area contributed by atoms with E-state index in [1.54, 1.807) is 6.07 Å². The molecule has 1 radical (unpaired) electrons. The van der Waals surface area contributed by atoms with Crippen molar-refractivity contribution in [2.75, 3.05) is 0 Å². The first-order valence-electron chi connectivity index (χ1n) is 2.90. The Morgan fingerprint density at radius 3 is 2.82 bits per heavy atom. The van der Waals surface area contributed by atoms with Crippen molar-refractivity contribution in [3.63, 3.8) is 0 Å². The van der Waals surface area contributed by atoms with Gasteiger partial charge in [0, 0.05) is 0 Å². The number of aromatic nitrogens is 1. The minimum Gasteiger partial charge on any atom is -0.494 e. The van der Waals surface area contributed by atoms with Crippen molar-refractivity contribution in [1.29, 1.82) is 5.26 Å². The first kappa shape index (κ1) is 7.35. The monoisotopic (exact) mass is 149 g/mol. The summed E-state index contributed by atoms with van der Waals surface area (Å²) in [5.74, 6) is -0.341. The number of hydrogen-bond acceptors (Lipinski definition) is 3. The van der Waals surface area contributed by atoms with Crippen LogP contribution in [0.2, 0.25) is 0 Å². The van der Waals surface area contributed by atoms with E-state index in [1.807, 2.05) is 0 Å². The molecule has 0 aliphatic rings. The van der Waals surface area contributed by atoms with Crippen LogP contribution in [-0.2, 0) is 0 Å². The van der Waals surface area contributed by atoms with Gasteiger partial charge in [0.05, 0.1) is 6.07 Å². The second-order valence-corrected chi connectivity index (χ2v) is 2.04. The number of aryl methyl sites for hydroxylation is 1. The molecule has 0 bridgehead atoms. The molecule has 4 nitrogen and oxygen atoms in total. The van der Waals surface area contributed by atoms with Crippen LogP contribution in [0.25, 0.3) is 0 Å². The number of aromatic amines is 1. The van der Waals surface area contributed by atoms with E-state index in [-0.39, 0.29) is 11.4 Å². The largest absolute Gasteiger partial charge is 0.494 e. The molecule has 0 saturated carbocycles. The van der Waals surface area contributed by atoms with Gasteiger partial charge in [0.25, 0.3) is 5.56 Å². The highest BCUT2D eigenvalue weighted by molar-refractivity contribution is 5.35. The molecule has 0 aliphatic carbocycles. The van der Waals surface area contributed by atoms with Crippen LogP contribution < -0.4 is 5.56 Å². The van der Waals surface area contributed by atoms with Crippen LogP contribution in [0.5, 0.6) is 5.88 Å². The molecule has 4 heteroatoms. The number of hydrogen-bond donors (Lipinski definition) is 2. The molecular formula is C7H5N2O2. The highest BCUT2D eigenvalue weighted by atomic mass is 16.3. The van der Waals surface area contributed by atoms with Gasteiger partial charge in [-0.2, -0.15) is 5.26 Å². The Balaban J connectivity index is 3.53. The van der Waals surface area contributed by atoms with E-state index in [0.29, 0.717) is 5.56 Å². The Kier molecular flexibility index (Phi) is 1.65. The Bertz CT molecular complexity index is 373. The van der Waals surface area contributed by atoms with Crippen molar-refractivity contribution in [2.45, 2.75) is 6.92 Å². The molecule has 1 heterocycles. The highest BCUT2D eigenvalue weighted by Crippen LogP contribution is 2.04. The van der Waals surface area contributed by atoms with Crippen molar-refractivity contribution in [3.8, 4) is 11.9 Å². The van der Waals surface area contributed by atoms with E-state index in [2.05, 4.69) is 11.1 Å². The van der Waals surface area contributed by atoms with E-state index in [0.717, 1.165) is 0 Å². The number of rotatable bonds is 0. The highest BCUT2D eigenvalue weighted by Gasteiger charge is 2.03. The van der Waals surface area contributed by atoms with E-state index in [9.17, 15) is 4.79 Å². The molecule has 55 valence electrons. The lowest BCUT2D eigenvalue weighted by Crippen LogP contribution is -2.10. The maximum Gasteiger partial charge on any atom is 0.268 e. The summed E-state index contributed by atoms with van der Waals surface area (Å²) in [6.07, 6.45) is 0. The number of H-pyrrole nitrogens is 1. The molecule has 2 N–H and O–H groups in total. The van der Waals surface area contributed by atoms with Gasteiger partial charge in [-0.25, -0.2) is 0 Å². The van der Waals surface area contributed by atoms with Gasteiger partial charge >= 0.3 is 0 Å². The molecule has 0 aromatic carbocycles. The predicted molar refractivity (Wildman–Crippen MR) is 37.0 cm³/mol. The summed E-state index contributed by atoms with van der Waals surface area (Å²) in [5, 5.41) is 17.2. The fourth-order valence-electron chi connectivity index (χ4n) is 0.746. The fraction of sp³-hybridized carbons (Fsp3) is 0.143. The van der Waals surface area contributed by atoms with Crippen LogP contribution >= 0.6 is 0 Å². The fourth-order valence-corrected chi connectivity index (χ4v) is 0.746. The minimum atomic E-state index is -0.582. The third-order valence-electron chi connectivity index (χ3n) is 1.25. The van der Waals surface area contributed by atoms with Gasteiger partial charge in [0.1, 0.15) is 11.6 Å². The third-order valence-corrected chi connectivity index (χ3v) is 1.25. The molecule has 11 heavy (non-hydrogen) atoms. The van der Waals surface area contributed by atoms with Crippen molar-refractivity contribution >= 4 is 0 Å². The van der Waals surface area contributed by atoms with Gasteiger partial charge in [-0.05, 0) is 12.5 Å². The van der Waals surface area contributed by atoms with Crippen LogP contribution in [0.15, 0.2) is 4.79 Å². The van der Waals surface area contributed by atoms with E-state index in [4.69, 9.17) is 10.4 Å². The van der Waals surface area contributed by atoms with Crippen LogP contribution in [-0.4, -0.2) is 10.1 Å². The average molecular weight is 149 g/mol. The summed E-state index contributed by atoms with van der Waals surface area (Å²) in [5.41, 5.74) is -0.238. The quantitative estimate of drug-likeness (QED) is 0.547. The molecule has 1 aromatic rings. The van der Waals surface area contributed by atoms with Crippen molar-refractivity contribution in [2.24, 2.45) is 0 Å². The van der Waals surface area contributed by atoms with Crippen molar-refractivity contribution < 1.29 is 5.11 Å². The van der Waals surface area contributed by atoms with Gasteiger partial charge in [-0.3, -0.25) is 9.78 Å². The van der Waals surface area contributed by atoms with Crippen LogP contribution in [0.3, 0.4) is 0 Å². The minimum absolute atomic E-state index is 0.0113. The number of nitrogens with zero attached hydrogens (tertiary/aromatic N) is 1. The number of nitriles is 1. The maximum absolute atomic E-state index is 10.8. The standard InChI is InChI=1S/C7H5N2O2/c1-4-2-6(10)9-7(11)5(4)3-8/h1H3,(H2,9,10,11). The van der Waals surface area contributed by atoms with Gasteiger partial charge in [-0.1, -0.05) is 0 Å². The molecule has 0 saturated heterocycles. The second-order valence-electron chi connectivity index (χ2n) is 2.04. The third kappa shape index (κ3) is 1.22. The van der Waals surface area contributed by atoms with Crippen molar-refractivity contribution in [3.05, 3.63) is 27.5 Å². The van der Waals surface area contributed by atoms with Gasteiger partial charge in [-0.15, -0.1) is 0 Å². The lowest BCUT2D eigenvalue weighted by atomic mass is 10.2. The Hall–Kier alpha value is -1.76. The Morgan fingerprint density at radius 1 is 1.73 bits per heavy atom. The average Bonchev–Trinajstić information content (AvgIpc) is 1.85. The normalized spacial score (nSPS) is 9.09. The van der Waals surface area contributed by atoms with Gasteiger partial charge < -0.3 is 5.11 Å². The smallest absolute Gasteiger partial charge is 0.268 e. The molecule has 0 aliphatic heterocycles. The SMILES string of the molecule is Cc1[c]c(O)[nH]c(=O)c1C#N.